The quantitative estimate of drug-likeness (QED) is 0.787. The Morgan fingerprint density at radius 1 is 1.35 bits per heavy atom. The molecule has 0 aromatic heterocycles. The first-order valence-corrected chi connectivity index (χ1v) is 6.35. The molecule has 2 nitrogen and oxygen atoms in total. The molecule has 1 fully saturated rings. The Morgan fingerprint density at radius 2 is 2.18 bits per heavy atom. The molecule has 2 rings (SSSR count). The third-order valence-electron chi connectivity index (χ3n) is 3.17. The summed E-state index contributed by atoms with van der Waals surface area (Å²) in [5.74, 6) is 0. The van der Waals surface area contributed by atoms with Gasteiger partial charge >= 0.3 is 0 Å². The van der Waals surface area contributed by atoms with E-state index in [9.17, 15) is 0 Å². The average molecular weight is 231 g/mol. The van der Waals surface area contributed by atoms with Gasteiger partial charge in [0.1, 0.15) is 0 Å². The monoisotopic (exact) mass is 231 g/mol. The average Bonchev–Trinajstić information content (AvgIpc) is 2.77. The van der Waals surface area contributed by atoms with Gasteiger partial charge in [0.05, 0.1) is 5.60 Å². The van der Waals surface area contributed by atoms with Gasteiger partial charge in [0.2, 0.25) is 0 Å². The van der Waals surface area contributed by atoms with Crippen molar-refractivity contribution in [3.8, 4) is 0 Å². The van der Waals surface area contributed by atoms with Crippen molar-refractivity contribution in [3.63, 3.8) is 0 Å². The molecule has 1 unspecified atom stereocenters. The highest BCUT2D eigenvalue weighted by atomic mass is 16.5. The normalized spacial score (nSPS) is 24.5. The minimum atomic E-state index is 0.0561. The molecule has 0 radical (unpaired) electrons. The van der Waals surface area contributed by atoms with Gasteiger partial charge in [0.25, 0.3) is 0 Å². The highest BCUT2D eigenvalue weighted by Crippen LogP contribution is 2.23. The summed E-state index contributed by atoms with van der Waals surface area (Å²) in [6.45, 7) is 4.94. The SMILES string of the molecule is CC1(CNCC=Cc2ccccc2)CCCO1. The van der Waals surface area contributed by atoms with Crippen LogP contribution in [0.1, 0.15) is 25.3 Å². The van der Waals surface area contributed by atoms with Crippen molar-refractivity contribution in [2.45, 2.75) is 25.4 Å². The standard InChI is InChI=1S/C15H21NO/c1-15(10-6-12-17-15)13-16-11-5-9-14-7-3-2-4-8-14/h2-5,7-9,16H,6,10-13H2,1H3. The Balaban J connectivity index is 1.68. The molecule has 1 N–H and O–H groups in total. The van der Waals surface area contributed by atoms with Crippen molar-refractivity contribution in [2.75, 3.05) is 19.7 Å². The fourth-order valence-corrected chi connectivity index (χ4v) is 2.16. The highest BCUT2D eigenvalue weighted by molar-refractivity contribution is 5.48. The number of hydrogen-bond donors (Lipinski definition) is 1. The van der Waals surface area contributed by atoms with Crippen LogP contribution >= 0.6 is 0 Å². The van der Waals surface area contributed by atoms with E-state index >= 15 is 0 Å². The van der Waals surface area contributed by atoms with Gasteiger partial charge < -0.3 is 10.1 Å². The maximum absolute atomic E-state index is 5.72. The molecule has 1 heterocycles. The van der Waals surface area contributed by atoms with Crippen molar-refractivity contribution >= 4 is 6.08 Å². The zero-order valence-corrected chi connectivity index (χ0v) is 10.5. The van der Waals surface area contributed by atoms with Crippen LogP contribution in [0.3, 0.4) is 0 Å². The van der Waals surface area contributed by atoms with Gasteiger partial charge in [0.15, 0.2) is 0 Å². The van der Waals surface area contributed by atoms with E-state index in [4.69, 9.17) is 4.74 Å². The van der Waals surface area contributed by atoms with Gasteiger partial charge in [-0.3, -0.25) is 0 Å². The molecule has 1 aromatic carbocycles. The van der Waals surface area contributed by atoms with Crippen LogP contribution in [0.2, 0.25) is 0 Å². The lowest BCUT2D eigenvalue weighted by molar-refractivity contribution is 0.0217. The summed E-state index contributed by atoms with van der Waals surface area (Å²) in [6, 6.07) is 10.4. The van der Waals surface area contributed by atoms with Gasteiger partial charge in [-0.25, -0.2) is 0 Å². The molecule has 1 atom stereocenters. The molecule has 1 saturated heterocycles. The fourth-order valence-electron chi connectivity index (χ4n) is 2.16. The van der Waals surface area contributed by atoms with Gasteiger partial charge in [-0.05, 0) is 25.3 Å². The Bertz CT molecular complexity index is 352. The van der Waals surface area contributed by atoms with Crippen molar-refractivity contribution in [2.24, 2.45) is 0 Å². The smallest absolute Gasteiger partial charge is 0.0779 e. The van der Waals surface area contributed by atoms with Gasteiger partial charge in [-0.2, -0.15) is 0 Å². The summed E-state index contributed by atoms with van der Waals surface area (Å²) >= 11 is 0. The number of rotatable bonds is 5. The third kappa shape index (κ3) is 3.99. The first-order valence-electron chi connectivity index (χ1n) is 6.35. The lowest BCUT2D eigenvalue weighted by atomic mass is 10.0. The van der Waals surface area contributed by atoms with Crippen molar-refractivity contribution in [1.29, 1.82) is 0 Å². The summed E-state index contributed by atoms with van der Waals surface area (Å²) < 4.78 is 5.72. The summed E-state index contributed by atoms with van der Waals surface area (Å²) in [4.78, 5) is 0. The predicted octanol–water partition coefficient (Wildman–Crippen LogP) is 2.86. The van der Waals surface area contributed by atoms with Crippen molar-refractivity contribution < 1.29 is 4.74 Å². The van der Waals surface area contributed by atoms with E-state index in [1.54, 1.807) is 0 Å². The maximum atomic E-state index is 5.72. The molecule has 1 aliphatic rings. The van der Waals surface area contributed by atoms with Crippen LogP contribution in [0.5, 0.6) is 0 Å². The molecule has 0 saturated carbocycles. The Kier molecular flexibility index (Phi) is 4.35. The summed E-state index contributed by atoms with van der Waals surface area (Å²) in [6.07, 6.45) is 6.67. The number of nitrogens with one attached hydrogen (secondary N) is 1. The van der Waals surface area contributed by atoms with E-state index in [2.05, 4.69) is 48.7 Å². The van der Waals surface area contributed by atoms with Crippen LogP contribution in [0.25, 0.3) is 6.08 Å². The highest BCUT2D eigenvalue weighted by Gasteiger charge is 2.28. The maximum Gasteiger partial charge on any atom is 0.0779 e. The van der Waals surface area contributed by atoms with E-state index in [1.807, 2.05) is 6.07 Å². The van der Waals surface area contributed by atoms with Gasteiger partial charge in [-0.1, -0.05) is 42.5 Å². The van der Waals surface area contributed by atoms with E-state index in [-0.39, 0.29) is 5.60 Å². The number of benzene rings is 1. The summed E-state index contributed by atoms with van der Waals surface area (Å²) in [5, 5.41) is 3.43. The van der Waals surface area contributed by atoms with Crippen LogP contribution in [-0.4, -0.2) is 25.3 Å². The minimum absolute atomic E-state index is 0.0561. The zero-order valence-electron chi connectivity index (χ0n) is 10.5. The molecule has 0 spiro atoms. The van der Waals surface area contributed by atoms with Crippen LogP contribution in [0.15, 0.2) is 36.4 Å². The zero-order chi connectivity index (χ0) is 12.0. The molecule has 0 amide bonds. The summed E-state index contributed by atoms with van der Waals surface area (Å²) in [7, 11) is 0. The van der Waals surface area contributed by atoms with E-state index < -0.39 is 0 Å². The van der Waals surface area contributed by atoms with E-state index in [0.717, 1.165) is 19.7 Å². The minimum Gasteiger partial charge on any atom is -0.374 e. The molecule has 2 heteroatoms. The molecular formula is C15H21NO. The Hall–Kier alpha value is -1.12. The van der Waals surface area contributed by atoms with Crippen LogP contribution < -0.4 is 5.32 Å². The Labute approximate surface area is 104 Å². The van der Waals surface area contributed by atoms with Gasteiger partial charge in [-0.15, -0.1) is 0 Å². The second-order valence-electron chi connectivity index (χ2n) is 4.85. The predicted molar refractivity (Wildman–Crippen MR) is 71.9 cm³/mol. The molecule has 17 heavy (non-hydrogen) atoms. The number of ether oxygens (including phenoxy) is 1. The molecule has 92 valence electrons. The summed E-state index contributed by atoms with van der Waals surface area (Å²) in [5.41, 5.74) is 1.30. The topological polar surface area (TPSA) is 21.3 Å². The third-order valence-corrected chi connectivity index (χ3v) is 3.17. The van der Waals surface area contributed by atoms with Gasteiger partial charge in [0, 0.05) is 19.7 Å². The lowest BCUT2D eigenvalue weighted by Gasteiger charge is -2.22. The van der Waals surface area contributed by atoms with Crippen LogP contribution in [0, 0.1) is 0 Å². The van der Waals surface area contributed by atoms with Crippen LogP contribution in [-0.2, 0) is 4.74 Å². The van der Waals surface area contributed by atoms with Crippen molar-refractivity contribution in [3.05, 3.63) is 42.0 Å². The number of hydrogen-bond acceptors (Lipinski definition) is 2. The fraction of sp³-hybridized carbons (Fsp3) is 0.467. The molecule has 0 bridgehead atoms. The second kappa shape index (κ2) is 5.99. The molecule has 1 aliphatic heterocycles. The van der Waals surface area contributed by atoms with Crippen LogP contribution in [0.4, 0.5) is 0 Å². The first-order chi connectivity index (χ1) is 8.29. The lowest BCUT2D eigenvalue weighted by Crippen LogP contribution is -2.37. The van der Waals surface area contributed by atoms with E-state index in [1.165, 1.54) is 18.4 Å². The first kappa shape index (κ1) is 12.3. The molecular weight excluding hydrogens is 210 g/mol. The largest absolute Gasteiger partial charge is 0.374 e. The van der Waals surface area contributed by atoms with E-state index in [0.29, 0.717) is 0 Å². The van der Waals surface area contributed by atoms with Crippen molar-refractivity contribution in [1.82, 2.24) is 5.32 Å². The molecule has 1 aromatic rings. The second-order valence-corrected chi connectivity index (χ2v) is 4.85. The Morgan fingerprint density at radius 3 is 2.88 bits per heavy atom. The molecule has 0 aliphatic carbocycles.